The molecular weight excluding hydrogens is 783 g/mol. The number of hydrogen-bond donors (Lipinski definition) is 9. The van der Waals surface area contributed by atoms with Crippen LogP contribution >= 0.6 is 23.5 Å². The SMILES string of the molecule is CO[C@H]1C(O)[C@@H](COP(=O)(O)OP(=O)(O)OP(=O)(O)OC[C@H]2O[C@@H](n3cnc4c(=O)[nH]c(C)nc43)[C@@H](O)C2O)O[C@H]1[n+]1cn(C)c2c(=O)[nH]c(N)nc21. The molecule has 6 rings (SSSR count). The van der Waals surface area contributed by atoms with Crippen LogP contribution in [-0.4, -0.2) is 121 Å². The molecule has 4 aromatic heterocycles. The van der Waals surface area contributed by atoms with Crippen LogP contribution in [0.4, 0.5) is 5.95 Å². The Morgan fingerprint density at radius 2 is 1.55 bits per heavy atom. The summed E-state index contributed by atoms with van der Waals surface area (Å²) in [5, 5.41) is 31.9. The average molecular weight is 816 g/mol. The third kappa shape index (κ3) is 7.92. The number of aliphatic hydroxyl groups excluding tert-OH is 3. The average Bonchev–Trinajstić information content (AvgIpc) is 3.77. The molecule has 2 saturated heterocycles. The number of aromatic nitrogens is 8. The number of anilines is 1. The topological polar surface area (TPSA) is 381 Å². The minimum absolute atomic E-state index is 0.0222. The van der Waals surface area contributed by atoms with Crippen LogP contribution in [0.1, 0.15) is 18.3 Å². The first kappa shape index (κ1) is 39.4. The molecule has 0 aliphatic carbocycles. The van der Waals surface area contributed by atoms with E-state index in [1.165, 1.54) is 36.5 Å². The van der Waals surface area contributed by atoms with Gasteiger partial charge in [0, 0.05) is 7.11 Å². The van der Waals surface area contributed by atoms with Crippen molar-refractivity contribution >= 4 is 51.7 Å². The highest BCUT2D eigenvalue weighted by molar-refractivity contribution is 7.66. The number of hydrogen-bond acceptors (Lipinski definition) is 19. The molecule has 292 valence electrons. The van der Waals surface area contributed by atoms with E-state index in [0.717, 1.165) is 10.9 Å². The molecule has 5 unspecified atom stereocenters. The number of aromatic amines is 2. The molecular formula is C23H33N9O18P3+. The van der Waals surface area contributed by atoms with E-state index in [0.29, 0.717) is 0 Å². The molecule has 0 spiro atoms. The van der Waals surface area contributed by atoms with Gasteiger partial charge in [-0.25, -0.2) is 28.2 Å². The monoisotopic (exact) mass is 816 g/mol. The summed E-state index contributed by atoms with van der Waals surface area (Å²) in [7, 11) is -14.5. The number of aryl methyl sites for hydroxylation is 2. The van der Waals surface area contributed by atoms with Gasteiger partial charge in [0.1, 0.15) is 42.4 Å². The Hall–Kier alpha value is -3.33. The van der Waals surface area contributed by atoms with E-state index in [2.05, 4.69) is 38.1 Å². The molecule has 6 heterocycles. The number of H-pyrrole nitrogens is 2. The van der Waals surface area contributed by atoms with Crippen LogP contribution in [0.15, 0.2) is 22.2 Å². The van der Waals surface area contributed by atoms with E-state index in [-0.39, 0.29) is 34.1 Å². The van der Waals surface area contributed by atoms with Crippen molar-refractivity contribution in [1.29, 1.82) is 0 Å². The molecule has 0 aromatic carbocycles. The zero-order valence-electron chi connectivity index (χ0n) is 27.4. The molecule has 2 fully saturated rings. The molecule has 0 bridgehead atoms. The molecule has 27 nitrogen and oxygen atoms in total. The largest absolute Gasteiger partial charge is 0.490 e. The number of rotatable bonds is 13. The predicted octanol–water partition coefficient (Wildman–Crippen LogP) is -3.17. The third-order valence-electron chi connectivity index (χ3n) is 8.03. The highest BCUT2D eigenvalue weighted by Crippen LogP contribution is 2.67. The standard InChI is InChI=1S/C23H32N9O18P3/c1-8-26-17-11(19(36)27-8)25-6-31(17)21-15(35)13(33)9(47-21)4-45-51(38,39)49-53(42,43)50-52(40,41)46-5-10-14(34)16(44-3)22(48-10)32-7-30(2)12-18(32)28-23(24)29-20(12)37/h6-7,9-10,13-16,21-22,33-35H,4-5H2,1-3H3,(H6-,24,26,27,28,29,36,37,38,39,40,41,42,43)/p+1/t9-,10-,13?,14?,15+,16+,21-,22-/m1/s1. The molecule has 4 aromatic rings. The number of nitrogens with two attached hydrogens (primary N) is 1. The molecule has 2 aliphatic rings. The molecule has 10 N–H and O–H groups in total. The van der Waals surface area contributed by atoms with Crippen LogP contribution in [0.3, 0.4) is 0 Å². The summed E-state index contributed by atoms with van der Waals surface area (Å²) in [5.74, 6) is -0.0350. The highest BCUT2D eigenvalue weighted by atomic mass is 31.3. The normalized spacial score (nSPS) is 29.8. The molecule has 0 amide bonds. The second-order valence-electron chi connectivity index (χ2n) is 11.7. The Morgan fingerprint density at radius 3 is 2.17 bits per heavy atom. The number of nitrogens with one attached hydrogen (secondary N) is 2. The second-order valence-corrected chi connectivity index (χ2v) is 16.3. The van der Waals surface area contributed by atoms with E-state index < -0.39 is 96.9 Å². The van der Waals surface area contributed by atoms with E-state index in [4.69, 9.17) is 24.5 Å². The Bertz CT molecular complexity index is 2300. The Balaban J connectivity index is 1.06. The summed E-state index contributed by atoms with van der Waals surface area (Å²) in [6.45, 7) is -0.566. The maximum atomic E-state index is 12.6. The summed E-state index contributed by atoms with van der Waals surface area (Å²) in [4.78, 5) is 71.7. The van der Waals surface area contributed by atoms with Crippen LogP contribution in [0, 0.1) is 6.92 Å². The van der Waals surface area contributed by atoms with Crippen molar-refractivity contribution in [3.8, 4) is 0 Å². The number of aliphatic hydroxyl groups is 3. The zero-order valence-corrected chi connectivity index (χ0v) is 30.1. The van der Waals surface area contributed by atoms with Gasteiger partial charge < -0.3 is 54.9 Å². The highest BCUT2D eigenvalue weighted by Gasteiger charge is 2.51. The molecule has 0 saturated carbocycles. The van der Waals surface area contributed by atoms with Crippen molar-refractivity contribution in [2.45, 2.75) is 56.0 Å². The van der Waals surface area contributed by atoms with Crippen molar-refractivity contribution in [2.75, 3.05) is 26.1 Å². The van der Waals surface area contributed by atoms with Crippen LogP contribution in [0.2, 0.25) is 0 Å². The van der Waals surface area contributed by atoms with Gasteiger partial charge in [-0.05, 0) is 6.92 Å². The fourth-order valence-electron chi connectivity index (χ4n) is 5.77. The lowest BCUT2D eigenvalue weighted by molar-refractivity contribution is -0.746. The van der Waals surface area contributed by atoms with Gasteiger partial charge in [0.15, 0.2) is 23.7 Å². The number of imidazole rings is 2. The lowest BCUT2D eigenvalue weighted by atomic mass is 10.1. The Morgan fingerprint density at radius 1 is 0.925 bits per heavy atom. The van der Waals surface area contributed by atoms with Crippen molar-refractivity contribution in [3.05, 3.63) is 39.2 Å². The van der Waals surface area contributed by atoms with Gasteiger partial charge in [-0.1, -0.05) is 4.98 Å². The summed E-state index contributed by atoms with van der Waals surface area (Å²) in [5.41, 5.74) is 4.46. The van der Waals surface area contributed by atoms with Crippen molar-refractivity contribution < 1.29 is 80.1 Å². The molecule has 11 atom stereocenters. The lowest BCUT2D eigenvalue weighted by Gasteiger charge is -2.21. The van der Waals surface area contributed by atoms with Gasteiger partial charge in [-0.3, -0.25) is 32.8 Å². The van der Waals surface area contributed by atoms with Crippen molar-refractivity contribution in [1.82, 2.24) is 34.1 Å². The Labute approximate surface area is 294 Å². The third-order valence-corrected chi connectivity index (χ3v) is 12.3. The summed E-state index contributed by atoms with van der Waals surface area (Å²) in [6, 6.07) is 0. The molecule has 30 heteroatoms. The number of methoxy groups -OCH3 is 1. The number of phosphoric ester groups is 2. The quantitative estimate of drug-likeness (QED) is 0.0475. The van der Waals surface area contributed by atoms with Crippen LogP contribution < -0.4 is 21.4 Å². The van der Waals surface area contributed by atoms with E-state index in [1.807, 2.05) is 0 Å². The lowest BCUT2D eigenvalue weighted by Crippen LogP contribution is -2.47. The number of ether oxygens (including phenoxy) is 3. The first-order valence-electron chi connectivity index (χ1n) is 15.0. The van der Waals surface area contributed by atoms with Crippen LogP contribution in [0.25, 0.3) is 22.3 Å². The van der Waals surface area contributed by atoms with Gasteiger partial charge in [0.05, 0.1) is 26.6 Å². The van der Waals surface area contributed by atoms with Gasteiger partial charge in [0.2, 0.25) is 11.7 Å². The number of fused-ring (bicyclic) bond motifs is 2. The maximum absolute atomic E-state index is 12.6. The van der Waals surface area contributed by atoms with Crippen molar-refractivity contribution in [3.63, 3.8) is 0 Å². The zero-order chi connectivity index (χ0) is 38.8. The first-order valence-corrected chi connectivity index (χ1v) is 19.5. The van der Waals surface area contributed by atoms with Gasteiger partial charge in [0.25, 0.3) is 17.1 Å². The fourth-order valence-corrected chi connectivity index (χ4v) is 9.29. The predicted molar refractivity (Wildman–Crippen MR) is 169 cm³/mol. The second kappa shape index (κ2) is 14.4. The summed E-state index contributed by atoms with van der Waals surface area (Å²) in [6.07, 6.45) is -9.47. The minimum Gasteiger partial charge on any atom is -0.387 e. The number of phosphoric acid groups is 3. The van der Waals surface area contributed by atoms with Crippen LogP contribution in [0.5, 0.6) is 0 Å². The van der Waals surface area contributed by atoms with Gasteiger partial charge in [-0.15, -0.1) is 0 Å². The smallest absolute Gasteiger partial charge is 0.387 e. The maximum Gasteiger partial charge on any atom is 0.490 e. The van der Waals surface area contributed by atoms with Crippen LogP contribution in [-0.2, 0) is 52.6 Å². The summed E-state index contributed by atoms with van der Waals surface area (Å²) < 4.78 is 75.5. The fraction of sp³-hybridized carbons (Fsp3) is 0.565. The Kier molecular flexibility index (Phi) is 10.7. The number of nitrogens with zero attached hydrogens (tertiary/aromatic N) is 6. The van der Waals surface area contributed by atoms with Gasteiger partial charge >= 0.3 is 29.1 Å². The molecule has 2 aliphatic heterocycles. The number of nitrogen functional groups attached to an aromatic ring is 1. The first-order chi connectivity index (χ1) is 24.7. The van der Waals surface area contributed by atoms with E-state index >= 15 is 0 Å². The van der Waals surface area contributed by atoms with E-state index in [1.54, 1.807) is 0 Å². The molecule has 0 radical (unpaired) electrons. The minimum atomic E-state index is -5.97. The summed E-state index contributed by atoms with van der Waals surface area (Å²) >= 11 is 0. The molecule has 53 heavy (non-hydrogen) atoms. The van der Waals surface area contributed by atoms with Crippen molar-refractivity contribution in [2.24, 2.45) is 7.05 Å². The van der Waals surface area contributed by atoms with Gasteiger partial charge in [-0.2, -0.15) is 8.62 Å². The van der Waals surface area contributed by atoms with E-state index in [9.17, 15) is 53.3 Å².